The Hall–Kier alpha value is -3.38. The van der Waals surface area contributed by atoms with E-state index < -0.39 is 0 Å². The minimum Gasteiger partial charge on any atom is -0.463 e. The van der Waals surface area contributed by atoms with Gasteiger partial charge in [0.25, 0.3) is 11.8 Å². The molecule has 30 heavy (non-hydrogen) atoms. The van der Waals surface area contributed by atoms with Crippen LogP contribution in [0.15, 0.2) is 77.4 Å². The third-order valence-electron chi connectivity index (χ3n) is 4.99. The average Bonchev–Trinajstić information content (AvgIpc) is 3.30. The van der Waals surface area contributed by atoms with Crippen LogP contribution in [-0.2, 0) is 4.79 Å². The lowest BCUT2D eigenvalue weighted by molar-refractivity contribution is -0.678. The van der Waals surface area contributed by atoms with Gasteiger partial charge in [0.2, 0.25) is 0 Å². The summed E-state index contributed by atoms with van der Waals surface area (Å²) in [6.45, 7) is 5.41. The Balaban J connectivity index is 1.65. The van der Waals surface area contributed by atoms with Crippen LogP contribution in [0, 0.1) is 0 Å². The fourth-order valence-corrected chi connectivity index (χ4v) is 3.41. The first kappa shape index (κ1) is 21.3. The first-order valence-corrected chi connectivity index (χ1v) is 10.2. The summed E-state index contributed by atoms with van der Waals surface area (Å²) in [5.41, 5.74) is 2.24. The van der Waals surface area contributed by atoms with Crippen LogP contribution in [-0.4, -0.2) is 36.3 Å². The predicted molar refractivity (Wildman–Crippen MR) is 116 cm³/mol. The van der Waals surface area contributed by atoms with E-state index >= 15 is 0 Å². The molecule has 0 unspecified atom stereocenters. The number of furan rings is 1. The monoisotopic (exact) mass is 406 g/mol. The van der Waals surface area contributed by atoms with E-state index in [9.17, 15) is 9.59 Å². The molecule has 6 nitrogen and oxygen atoms in total. The number of benzene rings is 2. The van der Waals surface area contributed by atoms with Gasteiger partial charge in [-0.05, 0) is 44.2 Å². The standard InChI is InChI=1S/C24H27N3O3/c1-3-27(4-2)24(29)19-12-8-13-20(16-19)26-22(28)17-25-23(21-14-9-15-30-21)18-10-6-5-7-11-18/h5-16,23,25H,3-4,17H2,1-2H3,(H,26,28)/p+1/t23-/m1/s1. The molecule has 1 aromatic heterocycles. The number of hydrogen-bond donors (Lipinski definition) is 2. The highest BCUT2D eigenvalue weighted by molar-refractivity contribution is 5.97. The van der Waals surface area contributed by atoms with E-state index in [1.54, 1.807) is 35.4 Å². The summed E-state index contributed by atoms with van der Waals surface area (Å²) in [5.74, 6) is 0.611. The Morgan fingerprint density at radius 2 is 1.77 bits per heavy atom. The van der Waals surface area contributed by atoms with Crippen molar-refractivity contribution in [3.63, 3.8) is 0 Å². The lowest BCUT2D eigenvalue weighted by atomic mass is 10.0. The van der Waals surface area contributed by atoms with Crippen molar-refractivity contribution in [2.24, 2.45) is 0 Å². The molecule has 2 aromatic carbocycles. The molecule has 0 radical (unpaired) electrons. The van der Waals surface area contributed by atoms with Crippen molar-refractivity contribution in [2.45, 2.75) is 19.9 Å². The number of anilines is 1. The topological polar surface area (TPSA) is 79.2 Å². The number of amides is 2. The first-order chi connectivity index (χ1) is 14.6. The van der Waals surface area contributed by atoms with E-state index in [2.05, 4.69) is 5.32 Å². The summed E-state index contributed by atoms with van der Waals surface area (Å²) < 4.78 is 5.58. The fraction of sp³-hybridized carbons (Fsp3) is 0.250. The van der Waals surface area contributed by atoms with E-state index in [-0.39, 0.29) is 24.4 Å². The molecular formula is C24H28N3O3+. The summed E-state index contributed by atoms with van der Waals surface area (Å²) in [5, 5.41) is 4.83. The number of nitrogens with two attached hydrogens (primary N) is 1. The van der Waals surface area contributed by atoms with Crippen LogP contribution in [0.4, 0.5) is 5.69 Å². The predicted octanol–water partition coefficient (Wildman–Crippen LogP) is 3.05. The van der Waals surface area contributed by atoms with Gasteiger partial charge >= 0.3 is 0 Å². The van der Waals surface area contributed by atoms with Crippen molar-refractivity contribution in [1.82, 2.24) is 4.90 Å². The van der Waals surface area contributed by atoms with Crippen LogP contribution in [0.2, 0.25) is 0 Å². The minimum absolute atomic E-state index is 0.0374. The molecule has 156 valence electrons. The van der Waals surface area contributed by atoms with Gasteiger partial charge in [0.15, 0.2) is 18.3 Å². The Morgan fingerprint density at radius 3 is 2.43 bits per heavy atom. The summed E-state index contributed by atoms with van der Waals surface area (Å²) in [4.78, 5) is 26.9. The first-order valence-electron chi connectivity index (χ1n) is 10.2. The quantitative estimate of drug-likeness (QED) is 0.573. The molecule has 3 aromatic rings. The largest absolute Gasteiger partial charge is 0.463 e. The smallest absolute Gasteiger partial charge is 0.279 e. The maximum Gasteiger partial charge on any atom is 0.279 e. The molecule has 0 bridgehead atoms. The molecule has 0 aliphatic heterocycles. The van der Waals surface area contributed by atoms with Crippen molar-refractivity contribution in [3.05, 3.63) is 89.9 Å². The number of quaternary nitrogens is 1. The van der Waals surface area contributed by atoms with E-state index in [1.165, 1.54) is 0 Å². The van der Waals surface area contributed by atoms with Gasteiger partial charge in [0.05, 0.1) is 6.26 Å². The molecule has 3 N–H and O–H groups in total. The van der Waals surface area contributed by atoms with Crippen molar-refractivity contribution < 1.29 is 19.3 Å². The SMILES string of the molecule is CCN(CC)C(=O)c1cccc(NC(=O)C[NH2+][C@H](c2ccccc2)c2ccco2)c1. The molecule has 1 atom stereocenters. The number of hydrogen-bond acceptors (Lipinski definition) is 3. The normalized spacial score (nSPS) is 11.7. The van der Waals surface area contributed by atoms with Gasteiger partial charge in [0, 0.05) is 29.9 Å². The van der Waals surface area contributed by atoms with Crippen molar-refractivity contribution in [3.8, 4) is 0 Å². The fourth-order valence-electron chi connectivity index (χ4n) is 3.41. The van der Waals surface area contributed by atoms with Gasteiger partial charge in [-0.1, -0.05) is 36.4 Å². The zero-order chi connectivity index (χ0) is 21.3. The molecule has 2 amide bonds. The van der Waals surface area contributed by atoms with E-state index in [4.69, 9.17) is 4.42 Å². The second-order valence-corrected chi connectivity index (χ2v) is 6.95. The summed E-state index contributed by atoms with van der Waals surface area (Å²) >= 11 is 0. The molecule has 0 saturated heterocycles. The lowest BCUT2D eigenvalue weighted by Crippen LogP contribution is -2.87. The van der Waals surface area contributed by atoms with E-state index in [0.717, 1.165) is 11.3 Å². The maximum absolute atomic E-state index is 12.6. The zero-order valence-electron chi connectivity index (χ0n) is 17.4. The van der Waals surface area contributed by atoms with Crippen molar-refractivity contribution >= 4 is 17.5 Å². The van der Waals surface area contributed by atoms with Crippen LogP contribution in [0.1, 0.15) is 41.6 Å². The molecule has 3 rings (SSSR count). The third-order valence-corrected chi connectivity index (χ3v) is 4.99. The van der Waals surface area contributed by atoms with Gasteiger partial charge in [-0.2, -0.15) is 0 Å². The van der Waals surface area contributed by atoms with Crippen molar-refractivity contribution in [1.29, 1.82) is 0 Å². The molecule has 1 heterocycles. The third kappa shape index (κ3) is 5.36. The molecule has 0 saturated carbocycles. The minimum atomic E-state index is -0.144. The highest BCUT2D eigenvalue weighted by Gasteiger charge is 2.21. The van der Waals surface area contributed by atoms with Crippen LogP contribution < -0.4 is 10.6 Å². The Labute approximate surface area is 176 Å². The van der Waals surface area contributed by atoms with E-state index in [1.807, 2.05) is 61.6 Å². The van der Waals surface area contributed by atoms with Gasteiger partial charge in [0.1, 0.15) is 0 Å². The van der Waals surface area contributed by atoms with Crippen LogP contribution in [0.3, 0.4) is 0 Å². The average molecular weight is 407 g/mol. The van der Waals surface area contributed by atoms with Crippen LogP contribution in [0.25, 0.3) is 0 Å². The van der Waals surface area contributed by atoms with Crippen molar-refractivity contribution in [2.75, 3.05) is 25.0 Å². The van der Waals surface area contributed by atoms with Gasteiger partial charge < -0.3 is 20.0 Å². The number of nitrogens with one attached hydrogen (secondary N) is 1. The number of rotatable bonds is 9. The number of carbonyl (C=O) groups excluding carboxylic acids is 2. The zero-order valence-corrected chi connectivity index (χ0v) is 17.4. The molecule has 0 aliphatic rings. The molecule has 0 aliphatic carbocycles. The number of carbonyl (C=O) groups is 2. The van der Waals surface area contributed by atoms with E-state index in [0.29, 0.717) is 24.3 Å². The van der Waals surface area contributed by atoms with Gasteiger partial charge in [-0.15, -0.1) is 0 Å². The Kier molecular flexibility index (Phi) is 7.40. The summed E-state index contributed by atoms with van der Waals surface area (Å²) in [6.07, 6.45) is 1.64. The highest BCUT2D eigenvalue weighted by Crippen LogP contribution is 2.18. The molecular weight excluding hydrogens is 378 g/mol. The highest BCUT2D eigenvalue weighted by atomic mass is 16.3. The summed E-state index contributed by atoms with van der Waals surface area (Å²) in [6, 6.07) is 20.6. The second kappa shape index (κ2) is 10.4. The second-order valence-electron chi connectivity index (χ2n) is 6.95. The molecule has 0 fully saturated rings. The Morgan fingerprint density at radius 1 is 1.00 bits per heavy atom. The molecule has 0 spiro atoms. The van der Waals surface area contributed by atoms with Crippen LogP contribution >= 0.6 is 0 Å². The number of nitrogens with zero attached hydrogens (tertiary/aromatic N) is 1. The van der Waals surface area contributed by atoms with Crippen LogP contribution in [0.5, 0.6) is 0 Å². The van der Waals surface area contributed by atoms with Gasteiger partial charge in [-0.3, -0.25) is 9.59 Å². The maximum atomic E-state index is 12.6. The van der Waals surface area contributed by atoms with Gasteiger partial charge in [-0.25, -0.2) is 0 Å². The Bertz CT molecular complexity index is 951. The summed E-state index contributed by atoms with van der Waals surface area (Å²) in [7, 11) is 0. The molecule has 6 heteroatoms. The lowest BCUT2D eigenvalue weighted by Gasteiger charge is -2.19.